The summed E-state index contributed by atoms with van der Waals surface area (Å²) < 4.78 is 0. The first-order valence-electron chi connectivity index (χ1n) is 10.7. The van der Waals surface area contributed by atoms with Crippen LogP contribution in [0.5, 0.6) is 0 Å². The Balaban J connectivity index is 1.50. The van der Waals surface area contributed by atoms with Gasteiger partial charge >= 0.3 is 0 Å². The third-order valence-electron chi connectivity index (χ3n) is 5.87. The molecule has 0 atom stereocenters. The molecule has 0 saturated heterocycles. The summed E-state index contributed by atoms with van der Waals surface area (Å²) in [6, 6.07) is 17.7. The van der Waals surface area contributed by atoms with E-state index >= 15 is 0 Å². The summed E-state index contributed by atoms with van der Waals surface area (Å²) in [6.45, 7) is 6.57. The Morgan fingerprint density at radius 1 is 1.06 bits per heavy atom. The number of carbonyl (C=O) groups is 2. The van der Waals surface area contributed by atoms with Crippen molar-refractivity contribution in [3.63, 3.8) is 0 Å². The molecule has 0 saturated carbocycles. The first-order valence-corrected chi connectivity index (χ1v) is 10.7. The second-order valence-corrected chi connectivity index (χ2v) is 8.39. The molecule has 0 unspecified atom stereocenters. The number of fused-ring (bicyclic) bond motifs is 1. The molecule has 4 rings (SSSR count). The smallest absolute Gasteiger partial charge is 0.251 e. The first-order chi connectivity index (χ1) is 14.9. The Morgan fingerprint density at radius 3 is 2.48 bits per heavy atom. The predicted molar refractivity (Wildman–Crippen MR) is 123 cm³/mol. The summed E-state index contributed by atoms with van der Waals surface area (Å²) in [5.74, 6) is 0.0409. The number of amides is 2. The second-order valence-electron chi connectivity index (χ2n) is 8.39. The van der Waals surface area contributed by atoms with Crippen LogP contribution in [0.3, 0.4) is 0 Å². The molecule has 1 aliphatic heterocycles. The van der Waals surface area contributed by atoms with Crippen molar-refractivity contribution in [2.75, 3.05) is 11.4 Å². The van der Waals surface area contributed by atoms with Gasteiger partial charge in [-0.1, -0.05) is 31.2 Å². The highest BCUT2D eigenvalue weighted by Gasteiger charge is 2.25. The quantitative estimate of drug-likeness (QED) is 0.659. The van der Waals surface area contributed by atoms with Gasteiger partial charge < -0.3 is 10.2 Å². The highest BCUT2D eigenvalue weighted by atomic mass is 16.2. The molecule has 0 fully saturated rings. The van der Waals surface area contributed by atoms with E-state index in [1.54, 1.807) is 12.4 Å². The SMILES string of the molecule is CCC(=O)N1CCc2cc(-c3ccc(C(=O)NC(C)(C)c4cccnc4)cc3)ccc21. The van der Waals surface area contributed by atoms with E-state index in [0.29, 0.717) is 12.0 Å². The minimum absolute atomic E-state index is 0.122. The van der Waals surface area contributed by atoms with Gasteiger partial charge in [-0.05, 0) is 72.9 Å². The van der Waals surface area contributed by atoms with Gasteiger partial charge in [-0.2, -0.15) is 0 Å². The Labute approximate surface area is 183 Å². The minimum Gasteiger partial charge on any atom is -0.343 e. The maximum absolute atomic E-state index is 12.8. The van der Waals surface area contributed by atoms with Gasteiger partial charge in [0.1, 0.15) is 0 Å². The molecule has 2 aromatic carbocycles. The lowest BCUT2D eigenvalue weighted by atomic mass is 9.95. The molecule has 1 aromatic heterocycles. The van der Waals surface area contributed by atoms with Crippen molar-refractivity contribution in [1.29, 1.82) is 0 Å². The summed E-state index contributed by atoms with van der Waals surface area (Å²) in [6.07, 6.45) is 4.88. The fourth-order valence-corrected chi connectivity index (χ4v) is 4.01. The molecule has 5 nitrogen and oxygen atoms in total. The number of nitrogens with zero attached hydrogens (tertiary/aromatic N) is 2. The van der Waals surface area contributed by atoms with Gasteiger partial charge in [-0.15, -0.1) is 0 Å². The zero-order valence-corrected chi connectivity index (χ0v) is 18.2. The number of hydrogen-bond acceptors (Lipinski definition) is 3. The fraction of sp³-hybridized carbons (Fsp3) is 0.269. The number of pyridine rings is 1. The number of rotatable bonds is 5. The zero-order chi connectivity index (χ0) is 22.0. The maximum Gasteiger partial charge on any atom is 0.251 e. The van der Waals surface area contributed by atoms with E-state index in [0.717, 1.165) is 35.3 Å². The van der Waals surface area contributed by atoms with Gasteiger partial charge in [-0.25, -0.2) is 0 Å². The fourth-order valence-electron chi connectivity index (χ4n) is 4.01. The van der Waals surface area contributed by atoms with Crippen LogP contribution in [-0.4, -0.2) is 23.3 Å². The number of nitrogens with one attached hydrogen (secondary N) is 1. The standard InChI is InChI=1S/C26H27N3O2/c1-4-24(30)29-15-13-21-16-20(11-12-23(21)29)18-7-9-19(10-8-18)25(31)28-26(2,3)22-6-5-14-27-17-22/h5-12,14,16-17H,4,13,15H2,1-3H3,(H,28,31). The van der Waals surface area contributed by atoms with Crippen molar-refractivity contribution in [2.45, 2.75) is 39.2 Å². The summed E-state index contributed by atoms with van der Waals surface area (Å²) in [7, 11) is 0. The molecular formula is C26H27N3O2. The molecule has 2 heterocycles. The van der Waals surface area contributed by atoms with E-state index in [1.807, 2.05) is 74.2 Å². The summed E-state index contributed by atoms with van der Waals surface area (Å²) >= 11 is 0. The van der Waals surface area contributed by atoms with Gasteiger partial charge in [0.25, 0.3) is 5.91 Å². The molecule has 158 valence electrons. The molecular weight excluding hydrogens is 386 g/mol. The highest BCUT2D eigenvalue weighted by molar-refractivity contribution is 5.96. The zero-order valence-electron chi connectivity index (χ0n) is 18.2. The predicted octanol–water partition coefficient (Wildman–Crippen LogP) is 4.71. The number of hydrogen-bond donors (Lipinski definition) is 1. The second kappa shape index (κ2) is 8.34. The number of aromatic nitrogens is 1. The van der Waals surface area contributed by atoms with Crippen molar-refractivity contribution < 1.29 is 9.59 Å². The van der Waals surface area contributed by atoms with Crippen LogP contribution >= 0.6 is 0 Å². The van der Waals surface area contributed by atoms with Gasteiger partial charge in [0.15, 0.2) is 0 Å². The van der Waals surface area contributed by atoms with Crippen molar-refractivity contribution in [1.82, 2.24) is 10.3 Å². The van der Waals surface area contributed by atoms with Gasteiger partial charge in [0.2, 0.25) is 5.91 Å². The van der Waals surface area contributed by atoms with Crippen LogP contribution in [-0.2, 0) is 16.8 Å². The molecule has 3 aromatic rings. The molecule has 5 heteroatoms. The topological polar surface area (TPSA) is 62.3 Å². The van der Waals surface area contributed by atoms with Gasteiger partial charge in [0, 0.05) is 36.6 Å². The summed E-state index contributed by atoms with van der Waals surface area (Å²) in [5, 5.41) is 3.09. The largest absolute Gasteiger partial charge is 0.343 e. The maximum atomic E-state index is 12.8. The van der Waals surface area contributed by atoms with E-state index in [1.165, 1.54) is 5.56 Å². The number of carbonyl (C=O) groups excluding carboxylic acids is 2. The van der Waals surface area contributed by atoms with Crippen molar-refractivity contribution in [2.24, 2.45) is 0 Å². The Bertz CT molecular complexity index is 1110. The van der Waals surface area contributed by atoms with E-state index < -0.39 is 5.54 Å². The molecule has 0 aliphatic carbocycles. The molecule has 2 amide bonds. The van der Waals surface area contributed by atoms with Crippen LogP contribution in [0, 0.1) is 0 Å². The summed E-state index contributed by atoms with van der Waals surface area (Å²) in [4.78, 5) is 30.9. The summed E-state index contributed by atoms with van der Waals surface area (Å²) in [5.41, 5.74) is 5.39. The molecule has 31 heavy (non-hydrogen) atoms. The number of benzene rings is 2. The first kappa shape index (κ1) is 20.8. The van der Waals surface area contributed by atoms with Crippen molar-refractivity contribution in [3.8, 4) is 11.1 Å². The molecule has 0 radical (unpaired) electrons. The Morgan fingerprint density at radius 2 is 1.81 bits per heavy atom. The molecule has 0 spiro atoms. The van der Waals surface area contributed by atoms with E-state index in [4.69, 9.17) is 0 Å². The van der Waals surface area contributed by atoms with Crippen LogP contribution < -0.4 is 10.2 Å². The van der Waals surface area contributed by atoms with Crippen LogP contribution in [0.15, 0.2) is 67.0 Å². The minimum atomic E-state index is -0.522. The third-order valence-corrected chi connectivity index (χ3v) is 5.87. The van der Waals surface area contributed by atoms with Crippen LogP contribution in [0.2, 0.25) is 0 Å². The van der Waals surface area contributed by atoms with E-state index in [9.17, 15) is 9.59 Å². The lowest BCUT2D eigenvalue weighted by molar-refractivity contribution is -0.118. The lowest BCUT2D eigenvalue weighted by Gasteiger charge is -2.26. The van der Waals surface area contributed by atoms with Gasteiger partial charge in [0.05, 0.1) is 5.54 Å². The molecule has 1 aliphatic rings. The Kier molecular flexibility index (Phi) is 5.59. The number of anilines is 1. The monoisotopic (exact) mass is 413 g/mol. The average molecular weight is 414 g/mol. The van der Waals surface area contributed by atoms with E-state index in [-0.39, 0.29) is 11.8 Å². The molecule has 0 bridgehead atoms. The van der Waals surface area contributed by atoms with Gasteiger partial charge in [-0.3, -0.25) is 14.6 Å². The average Bonchev–Trinajstić information content (AvgIpc) is 3.22. The van der Waals surface area contributed by atoms with E-state index in [2.05, 4.69) is 16.4 Å². The molecule has 1 N–H and O–H groups in total. The third kappa shape index (κ3) is 4.22. The van der Waals surface area contributed by atoms with Crippen LogP contribution in [0.1, 0.15) is 48.7 Å². The van der Waals surface area contributed by atoms with Crippen molar-refractivity contribution in [3.05, 3.63) is 83.7 Å². The van der Waals surface area contributed by atoms with Crippen molar-refractivity contribution >= 4 is 17.5 Å². The normalized spacial score (nSPS) is 13.1. The highest BCUT2D eigenvalue weighted by Crippen LogP contribution is 2.33. The van der Waals surface area contributed by atoms with Crippen LogP contribution in [0.4, 0.5) is 5.69 Å². The van der Waals surface area contributed by atoms with Crippen LogP contribution in [0.25, 0.3) is 11.1 Å². The Hall–Kier alpha value is -3.47. The lowest BCUT2D eigenvalue weighted by Crippen LogP contribution is -2.41.